The maximum absolute atomic E-state index is 11.9. The van der Waals surface area contributed by atoms with Gasteiger partial charge in [0.25, 0.3) is 0 Å². The van der Waals surface area contributed by atoms with Crippen molar-refractivity contribution in [3.8, 4) is 0 Å². The minimum Gasteiger partial charge on any atom is -0.372 e. The molecule has 1 amide bonds. The molecule has 0 bridgehead atoms. The standard InChI is InChI=1S/C16H22N4O2/c1-2-22-13-16(21)19-9-7-18(8-10-19)12-14-11-17-15-5-3-4-6-20(14)15/h3-6,11H,2,7-10,12-13H2,1H3. The Kier molecular flexibility index (Phi) is 4.70. The van der Waals surface area contributed by atoms with Gasteiger partial charge in [-0.05, 0) is 19.1 Å². The molecular weight excluding hydrogens is 280 g/mol. The molecule has 0 aromatic carbocycles. The van der Waals surface area contributed by atoms with E-state index < -0.39 is 0 Å². The van der Waals surface area contributed by atoms with E-state index in [0.29, 0.717) is 6.61 Å². The predicted octanol–water partition coefficient (Wildman–Crippen LogP) is 1.01. The normalized spacial score (nSPS) is 16.3. The number of rotatable bonds is 5. The molecule has 0 N–H and O–H groups in total. The SMILES string of the molecule is CCOCC(=O)N1CCN(Cc2cnc3ccccn23)CC1. The lowest BCUT2D eigenvalue weighted by molar-refractivity contribution is -0.137. The van der Waals surface area contributed by atoms with Crippen molar-refractivity contribution in [1.29, 1.82) is 0 Å². The molecule has 1 saturated heterocycles. The molecular formula is C16H22N4O2. The molecule has 1 aliphatic rings. The number of aromatic nitrogens is 2. The second kappa shape index (κ2) is 6.89. The number of fused-ring (bicyclic) bond motifs is 1. The fraction of sp³-hybridized carbons (Fsp3) is 0.500. The second-order valence-electron chi connectivity index (χ2n) is 5.47. The summed E-state index contributed by atoms with van der Waals surface area (Å²) in [4.78, 5) is 20.6. The summed E-state index contributed by atoms with van der Waals surface area (Å²) in [6.07, 6.45) is 3.97. The van der Waals surface area contributed by atoms with Crippen LogP contribution in [0.1, 0.15) is 12.6 Å². The zero-order valence-corrected chi connectivity index (χ0v) is 12.9. The minimum absolute atomic E-state index is 0.0938. The van der Waals surface area contributed by atoms with E-state index in [1.165, 1.54) is 5.69 Å². The van der Waals surface area contributed by atoms with Gasteiger partial charge in [0, 0.05) is 45.5 Å². The number of carbonyl (C=O) groups excluding carboxylic acids is 1. The van der Waals surface area contributed by atoms with Crippen LogP contribution >= 0.6 is 0 Å². The summed E-state index contributed by atoms with van der Waals surface area (Å²) >= 11 is 0. The maximum atomic E-state index is 11.9. The van der Waals surface area contributed by atoms with Crippen LogP contribution in [0.25, 0.3) is 5.65 Å². The van der Waals surface area contributed by atoms with E-state index in [-0.39, 0.29) is 12.5 Å². The van der Waals surface area contributed by atoms with Crippen molar-refractivity contribution in [2.45, 2.75) is 13.5 Å². The summed E-state index contributed by atoms with van der Waals surface area (Å²) in [7, 11) is 0. The van der Waals surface area contributed by atoms with Crippen LogP contribution in [0.2, 0.25) is 0 Å². The summed E-state index contributed by atoms with van der Waals surface area (Å²) < 4.78 is 7.31. The molecule has 1 aliphatic heterocycles. The van der Waals surface area contributed by atoms with Crippen molar-refractivity contribution in [2.24, 2.45) is 0 Å². The second-order valence-corrected chi connectivity index (χ2v) is 5.47. The fourth-order valence-corrected chi connectivity index (χ4v) is 2.77. The lowest BCUT2D eigenvalue weighted by Crippen LogP contribution is -2.49. The number of piperazine rings is 1. The van der Waals surface area contributed by atoms with E-state index in [2.05, 4.69) is 14.3 Å². The molecule has 2 aromatic rings. The summed E-state index contributed by atoms with van der Waals surface area (Å²) in [6, 6.07) is 6.02. The predicted molar refractivity (Wildman–Crippen MR) is 83.5 cm³/mol. The van der Waals surface area contributed by atoms with Crippen molar-refractivity contribution in [3.05, 3.63) is 36.3 Å². The van der Waals surface area contributed by atoms with Crippen LogP contribution in [0.3, 0.4) is 0 Å². The van der Waals surface area contributed by atoms with Gasteiger partial charge in [-0.25, -0.2) is 4.98 Å². The van der Waals surface area contributed by atoms with Crippen LogP contribution in [0, 0.1) is 0 Å². The zero-order chi connectivity index (χ0) is 15.4. The van der Waals surface area contributed by atoms with Gasteiger partial charge in [-0.2, -0.15) is 0 Å². The molecule has 0 radical (unpaired) electrons. The van der Waals surface area contributed by atoms with Gasteiger partial charge in [0.2, 0.25) is 5.91 Å². The highest BCUT2D eigenvalue weighted by Crippen LogP contribution is 2.11. The number of ether oxygens (including phenoxy) is 1. The third kappa shape index (κ3) is 3.28. The molecule has 0 saturated carbocycles. The summed E-state index contributed by atoms with van der Waals surface area (Å²) in [6.45, 7) is 6.85. The Bertz CT molecular complexity index is 632. The summed E-state index contributed by atoms with van der Waals surface area (Å²) in [5.74, 6) is 0.0938. The molecule has 0 atom stereocenters. The molecule has 3 heterocycles. The van der Waals surface area contributed by atoms with Crippen LogP contribution < -0.4 is 0 Å². The number of hydrogen-bond acceptors (Lipinski definition) is 4. The molecule has 2 aromatic heterocycles. The van der Waals surface area contributed by atoms with Crippen molar-refractivity contribution in [2.75, 3.05) is 39.4 Å². The van der Waals surface area contributed by atoms with Gasteiger partial charge < -0.3 is 14.0 Å². The highest BCUT2D eigenvalue weighted by Gasteiger charge is 2.21. The van der Waals surface area contributed by atoms with Crippen molar-refractivity contribution in [3.63, 3.8) is 0 Å². The first-order valence-electron chi connectivity index (χ1n) is 7.77. The highest BCUT2D eigenvalue weighted by molar-refractivity contribution is 5.77. The van der Waals surface area contributed by atoms with E-state index in [4.69, 9.17) is 4.74 Å². The Morgan fingerprint density at radius 3 is 2.86 bits per heavy atom. The fourth-order valence-electron chi connectivity index (χ4n) is 2.77. The first-order valence-corrected chi connectivity index (χ1v) is 7.77. The average Bonchev–Trinajstić information content (AvgIpc) is 2.96. The van der Waals surface area contributed by atoms with E-state index >= 15 is 0 Å². The van der Waals surface area contributed by atoms with Crippen LogP contribution in [0.4, 0.5) is 0 Å². The van der Waals surface area contributed by atoms with Gasteiger partial charge in [-0.15, -0.1) is 0 Å². The topological polar surface area (TPSA) is 50.1 Å². The number of amides is 1. The van der Waals surface area contributed by atoms with Gasteiger partial charge in [0.05, 0.1) is 11.9 Å². The minimum atomic E-state index is 0.0938. The smallest absolute Gasteiger partial charge is 0.248 e. The third-order valence-corrected chi connectivity index (χ3v) is 4.03. The number of pyridine rings is 1. The molecule has 22 heavy (non-hydrogen) atoms. The molecule has 0 unspecified atom stereocenters. The molecule has 6 nitrogen and oxygen atoms in total. The number of hydrogen-bond donors (Lipinski definition) is 0. The first kappa shape index (κ1) is 15.0. The van der Waals surface area contributed by atoms with Gasteiger partial charge in [-0.1, -0.05) is 6.07 Å². The Morgan fingerprint density at radius 2 is 2.09 bits per heavy atom. The molecule has 6 heteroatoms. The molecule has 3 rings (SSSR count). The summed E-state index contributed by atoms with van der Waals surface area (Å²) in [5.41, 5.74) is 2.16. The van der Waals surface area contributed by atoms with Crippen LogP contribution in [0.5, 0.6) is 0 Å². The molecule has 0 spiro atoms. The maximum Gasteiger partial charge on any atom is 0.248 e. The third-order valence-electron chi connectivity index (χ3n) is 4.03. The first-order chi connectivity index (χ1) is 10.8. The van der Waals surface area contributed by atoms with Crippen molar-refractivity contribution < 1.29 is 9.53 Å². The lowest BCUT2D eigenvalue weighted by atomic mass is 10.3. The Labute approximate surface area is 130 Å². The zero-order valence-electron chi connectivity index (χ0n) is 12.9. The Morgan fingerprint density at radius 1 is 1.27 bits per heavy atom. The van der Waals surface area contributed by atoms with Gasteiger partial charge in [0.15, 0.2) is 0 Å². The van der Waals surface area contributed by atoms with E-state index in [0.717, 1.165) is 38.4 Å². The largest absolute Gasteiger partial charge is 0.372 e. The van der Waals surface area contributed by atoms with Crippen molar-refractivity contribution in [1.82, 2.24) is 19.2 Å². The average molecular weight is 302 g/mol. The molecule has 1 fully saturated rings. The Hall–Kier alpha value is -1.92. The van der Waals surface area contributed by atoms with Gasteiger partial charge in [-0.3, -0.25) is 9.69 Å². The molecule has 118 valence electrons. The quantitative estimate of drug-likeness (QED) is 0.827. The number of imidazole rings is 1. The van der Waals surface area contributed by atoms with Crippen LogP contribution in [0.15, 0.2) is 30.6 Å². The molecule has 0 aliphatic carbocycles. The van der Waals surface area contributed by atoms with Crippen molar-refractivity contribution >= 4 is 11.6 Å². The van der Waals surface area contributed by atoms with E-state index in [1.807, 2.05) is 42.4 Å². The lowest BCUT2D eigenvalue weighted by Gasteiger charge is -2.34. The number of nitrogens with zero attached hydrogens (tertiary/aromatic N) is 4. The number of carbonyl (C=O) groups is 1. The monoisotopic (exact) mass is 302 g/mol. The van der Waals surface area contributed by atoms with Crippen LogP contribution in [-0.2, 0) is 16.1 Å². The van der Waals surface area contributed by atoms with E-state index in [1.54, 1.807) is 0 Å². The van der Waals surface area contributed by atoms with Gasteiger partial charge in [0.1, 0.15) is 12.3 Å². The van der Waals surface area contributed by atoms with Crippen LogP contribution in [-0.4, -0.2) is 64.5 Å². The highest BCUT2D eigenvalue weighted by atomic mass is 16.5. The van der Waals surface area contributed by atoms with E-state index in [9.17, 15) is 4.79 Å². The summed E-state index contributed by atoms with van der Waals surface area (Å²) in [5, 5.41) is 0. The van der Waals surface area contributed by atoms with Gasteiger partial charge >= 0.3 is 0 Å². The Balaban J connectivity index is 1.55.